The van der Waals surface area contributed by atoms with Crippen molar-refractivity contribution in [1.29, 1.82) is 5.26 Å². The van der Waals surface area contributed by atoms with Crippen LogP contribution in [0.5, 0.6) is 5.75 Å². The number of nitrogens with one attached hydrogen (secondary N) is 1. The molecule has 1 aliphatic rings. The number of hydrogen-bond donors (Lipinski definition) is 1. The second-order valence-corrected chi connectivity index (χ2v) is 7.18. The smallest absolute Gasteiger partial charge is 0.264 e. The summed E-state index contributed by atoms with van der Waals surface area (Å²) in [5.41, 5.74) is 1.53. The molecule has 126 valence electrons. The van der Waals surface area contributed by atoms with Crippen LogP contribution in [0.25, 0.3) is 6.08 Å². The van der Waals surface area contributed by atoms with Gasteiger partial charge in [-0.05, 0) is 23.8 Å². The predicted molar refractivity (Wildman–Crippen MR) is 91.8 cm³/mol. The second kappa shape index (κ2) is 6.79. The molecule has 0 radical (unpaired) electrons. The molecule has 0 atom stereocenters. The molecule has 6 nitrogen and oxygen atoms in total. The van der Waals surface area contributed by atoms with Gasteiger partial charge in [0.25, 0.3) is 5.91 Å². The molecule has 0 spiro atoms. The summed E-state index contributed by atoms with van der Waals surface area (Å²) in [4.78, 5) is 12.3. The average Bonchev–Trinajstić information content (AvgIpc) is 2.61. The summed E-state index contributed by atoms with van der Waals surface area (Å²) in [6.07, 6.45) is 1.60. The van der Waals surface area contributed by atoms with E-state index in [1.807, 2.05) is 16.9 Å². The van der Waals surface area contributed by atoms with Gasteiger partial charge in [0.1, 0.15) is 12.4 Å². The third kappa shape index (κ3) is 3.87. The van der Waals surface area contributed by atoms with E-state index in [1.54, 1.807) is 42.5 Å². The van der Waals surface area contributed by atoms with E-state index < -0.39 is 21.7 Å². The van der Waals surface area contributed by atoms with Gasteiger partial charge < -0.3 is 4.74 Å². The van der Waals surface area contributed by atoms with Crippen molar-refractivity contribution in [2.75, 3.05) is 6.61 Å². The molecular weight excluding hydrogens is 340 g/mol. The lowest BCUT2D eigenvalue weighted by Crippen LogP contribution is -2.34. The van der Waals surface area contributed by atoms with Gasteiger partial charge in [0.15, 0.2) is 0 Å². The maximum absolute atomic E-state index is 12.3. The molecule has 7 heteroatoms. The number of benzene rings is 2. The van der Waals surface area contributed by atoms with Crippen molar-refractivity contribution >= 4 is 22.0 Å². The van der Waals surface area contributed by atoms with E-state index in [0.29, 0.717) is 16.9 Å². The van der Waals surface area contributed by atoms with Crippen LogP contribution in [0.1, 0.15) is 16.7 Å². The normalized spacial score (nSPS) is 13.0. The highest BCUT2D eigenvalue weighted by Crippen LogP contribution is 2.25. The minimum atomic E-state index is -3.94. The Kier molecular flexibility index (Phi) is 4.55. The number of para-hydroxylation sites is 1. The van der Waals surface area contributed by atoms with Gasteiger partial charge in [0, 0.05) is 5.56 Å². The van der Waals surface area contributed by atoms with Crippen molar-refractivity contribution in [2.45, 2.75) is 5.75 Å². The molecule has 25 heavy (non-hydrogen) atoms. The van der Waals surface area contributed by atoms with E-state index in [1.165, 1.54) is 6.07 Å². The number of amides is 1. The lowest BCUT2D eigenvalue weighted by atomic mass is 10.1. The SMILES string of the molecule is N#Cc1ccccc1CS(=O)(=O)NC(=O)C1=Cc2ccccc2OC1. The summed E-state index contributed by atoms with van der Waals surface area (Å²) >= 11 is 0. The van der Waals surface area contributed by atoms with Crippen LogP contribution in [0.2, 0.25) is 0 Å². The van der Waals surface area contributed by atoms with E-state index in [9.17, 15) is 13.2 Å². The monoisotopic (exact) mass is 354 g/mol. The fraction of sp³-hybridized carbons (Fsp3) is 0.111. The molecule has 1 amide bonds. The average molecular weight is 354 g/mol. The molecule has 1 N–H and O–H groups in total. The first-order chi connectivity index (χ1) is 12.0. The highest BCUT2D eigenvalue weighted by Gasteiger charge is 2.22. The zero-order chi connectivity index (χ0) is 17.9. The number of ether oxygens (including phenoxy) is 1. The van der Waals surface area contributed by atoms with Gasteiger partial charge in [-0.1, -0.05) is 36.4 Å². The van der Waals surface area contributed by atoms with Crippen molar-refractivity contribution in [3.63, 3.8) is 0 Å². The van der Waals surface area contributed by atoms with Crippen LogP contribution in [0.3, 0.4) is 0 Å². The minimum Gasteiger partial charge on any atom is -0.488 e. The first-order valence-electron chi connectivity index (χ1n) is 7.44. The van der Waals surface area contributed by atoms with Crippen molar-refractivity contribution in [3.05, 3.63) is 70.8 Å². The van der Waals surface area contributed by atoms with E-state index in [-0.39, 0.29) is 17.7 Å². The minimum absolute atomic E-state index is 0.00680. The summed E-state index contributed by atoms with van der Waals surface area (Å²) in [7, 11) is -3.94. The largest absolute Gasteiger partial charge is 0.488 e. The summed E-state index contributed by atoms with van der Waals surface area (Å²) in [6, 6.07) is 15.5. The topological polar surface area (TPSA) is 96.3 Å². The third-order valence-electron chi connectivity index (χ3n) is 3.66. The fourth-order valence-electron chi connectivity index (χ4n) is 2.45. The quantitative estimate of drug-likeness (QED) is 0.906. The Morgan fingerprint density at radius 1 is 1.16 bits per heavy atom. The molecule has 0 fully saturated rings. The van der Waals surface area contributed by atoms with Gasteiger partial charge in [0.05, 0.1) is 23.0 Å². The molecule has 0 saturated heterocycles. The van der Waals surface area contributed by atoms with Gasteiger partial charge in [0.2, 0.25) is 10.0 Å². The molecule has 1 heterocycles. The molecule has 2 aromatic rings. The van der Waals surface area contributed by atoms with E-state index in [4.69, 9.17) is 10.00 Å². The Bertz CT molecular complexity index is 1000. The van der Waals surface area contributed by atoms with Gasteiger partial charge in [-0.2, -0.15) is 5.26 Å². The zero-order valence-electron chi connectivity index (χ0n) is 13.1. The van der Waals surface area contributed by atoms with Crippen molar-refractivity contribution in [2.24, 2.45) is 0 Å². The number of rotatable bonds is 4. The molecule has 0 saturated carbocycles. The van der Waals surface area contributed by atoms with Crippen LogP contribution in [0.4, 0.5) is 0 Å². The third-order valence-corrected chi connectivity index (χ3v) is 4.84. The van der Waals surface area contributed by atoms with Crippen molar-refractivity contribution in [3.8, 4) is 11.8 Å². The highest BCUT2D eigenvalue weighted by molar-refractivity contribution is 7.89. The second-order valence-electron chi connectivity index (χ2n) is 5.46. The Morgan fingerprint density at radius 3 is 2.68 bits per heavy atom. The van der Waals surface area contributed by atoms with Gasteiger partial charge >= 0.3 is 0 Å². The standard InChI is InChI=1S/C18H14N2O4S/c19-10-14-6-1-2-7-15(14)12-25(22,23)20-18(21)16-9-13-5-3-4-8-17(13)24-11-16/h1-9H,11-12H2,(H,20,21). The van der Waals surface area contributed by atoms with Gasteiger partial charge in [-0.25, -0.2) is 13.1 Å². The number of sulfonamides is 1. The van der Waals surface area contributed by atoms with Crippen LogP contribution in [-0.2, 0) is 20.6 Å². The zero-order valence-corrected chi connectivity index (χ0v) is 13.9. The Hall–Kier alpha value is -3.11. The molecule has 0 aromatic heterocycles. The lowest BCUT2D eigenvalue weighted by molar-refractivity contribution is -0.116. The molecule has 1 aliphatic heterocycles. The van der Waals surface area contributed by atoms with Crippen LogP contribution in [0, 0.1) is 11.3 Å². The number of hydrogen-bond acceptors (Lipinski definition) is 5. The number of carbonyl (C=O) groups excluding carboxylic acids is 1. The molecule has 0 bridgehead atoms. The highest BCUT2D eigenvalue weighted by atomic mass is 32.2. The molecule has 2 aromatic carbocycles. The summed E-state index contributed by atoms with van der Waals surface area (Å²) in [6.45, 7) is -0.00680. The maximum Gasteiger partial charge on any atom is 0.264 e. The summed E-state index contributed by atoms with van der Waals surface area (Å²) in [5.74, 6) is -0.540. The van der Waals surface area contributed by atoms with Crippen LogP contribution >= 0.6 is 0 Å². The summed E-state index contributed by atoms with van der Waals surface area (Å²) < 4.78 is 32.0. The van der Waals surface area contributed by atoms with Crippen molar-refractivity contribution in [1.82, 2.24) is 4.72 Å². The summed E-state index contributed by atoms with van der Waals surface area (Å²) in [5, 5.41) is 9.04. The van der Waals surface area contributed by atoms with E-state index >= 15 is 0 Å². The number of fused-ring (bicyclic) bond motifs is 1. The van der Waals surface area contributed by atoms with Crippen LogP contribution in [-0.4, -0.2) is 20.9 Å². The first-order valence-corrected chi connectivity index (χ1v) is 9.09. The number of nitrogens with zero attached hydrogens (tertiary/aromatic N) is 1. The van der Waals surface area contributed by atoms with Gasteiger partial charge in [-0.3, -0.25) is 4.79 Å². The molecule has 3 rings (SSSR count). The molecular formula is C18H14N2O4S. The predicted octanol–water partition coefficient (Wildman–Crippen LogP) is 1.98. The van der Waals surface area contributed by atoms with Gasteiger partial charge in [-0.15, -0.1) is 0 Å². The number of nitriles is 1. The first kappa shape index (κ1) is 16.7. The Labute approximate surface area is 145 Å². The fourth-order valence-corrected chi connectivity index (χ4v) is 3.60. The van der Waals surface area contributed by atoms with Crippen LogP contribution in [0.15, 0.2) is 54.1 Å². The van der Waals surface area contributed by atoms with E-state index in [2.05, 4.69) is 0 Å². The molecule has 0 aliphatic carbocycles. The maximum atomic E-state index is 12.3. The van der Waals surface area contributed by atoms with E-state index in [0.717, 1.165) is 0 Å². The van der Waals surface area contributed by atoms with Crippen LogP contribution < -0.4 is 9.46 Å². The molecule has 0 unspecified atom stereocenters. The number of carbonyl (C=O) groups is 1. The Balaban J connectivity index is 1.77. The lowest BCUT2D eigenvalue weighted by Gasteiger charge is -2.17. The van der Waals surface area contributed by atoms with Crippen molar-refractivity contribution < 1.29 is 17.9 Å². The Morgan fingerprint density at radius 2 is 1.88 bits per heavy atom.